The largest absolute Gasteiger partial charge is 0.244 e. The lowest BCUT2D eigenvalue weighted by atomic mass is 10.1. The Morgan fingerprint density at radius 3 is 2.63 bits per heavy atom. The molecule has 0 amide bonds. The molecule has 0 fully saturated rings. The molecule has 0 N–H and O–H groups in total. The number of nitrogens with zero attached hydrogens (tertiary/aromatic N) is 2. The zero-order valence-corrected chi connectivity index (χ0v) is 11.9. The van der Waals surface area contributed by atoms with Crippen LogP contribution in [0, 0.1) is 6.92 Å². The molecule has 3 rings (SSSR count). The van der Waals surface area contributed by atoms with Crippen molar-refractivity contribution in [1.29, 1.82) is 0 Å². The van der Waals surface area contributed by atoms with E-state index in [1.54, 1.807) is 17.5 Å². The summed E-state index contributed by atoms with van der Waals surface area (Å²) in [6.45, 7) is 2.08. The average molecular weight is 287 g/mol. The predicted octanol–water partition coefficient (Wildman–Crippen LogP) is 4.83. The van der Waals surface area contributed by atoms with Crippen LogP contribution < -0.4 is 0 Å². The lowest BCUT2D eigenvalue weighted by Gasteiger charge is -1.99. The van der Waals surface area contributed by atoms with E-state index in [1.807, 2.05) is 17.5 Å². The summed E-state index contributed by atoms with van der Waals surface area (Å²) in [6.07, 6.45) is 1.68. The quantitative estimate of drug-likeness (QED) is 0.630. The predicted molar refractivity (Wildman–Crippen MR) is 80.5 cm³/mol. The van der Waals surface area contributed by atoms with Crippen molar-refractivity contribution in [2.45, 2.75) is 6.92 Å². The van der Waals surface area contributed by atoms with Gasteiger partial charge in [0, 0.05) is 22.7 Å². The first kappa shape index (κ1) is 12.3. The summed E-state index contributed by atoms with van der Waals surface area (Å²) < 4.78 is 0. The molecule has 0 atom stereocenters. The summed E-state index contributed by atoms with van der Waals surface area (Å²) >= 11 is 7.67. The van der Waals surface area contributed by atoms with E-state index in [9.17, 15) is 0 Å². The summed E-state index contributed by atoms with van der Waals surface area (Å²) in [7, 11) is 0. The Labute approximate surface area is 120 Å². The van der Waals surface area contributed by atoms with Gasteiger partial charge in [-0.1, -0.05) is 41.4 Å². The van der Waals surface area contributed by atoms with Gasteiger partial charge in [-0.2, -0.15) is 0 Å². The second-order valence-electron chi connectivity index (χ2n) is 4.25. The number of benzene rings is 1. The smallest absolute Gasteiger partial charge is 0.139 e. The van der Waals surface area contributed by atoms with Crippen molar-refractivity contribution in [3.05, 3.63) is 58.7 Å². The van der Waals surface area contributed by atoms with Crippen LogP contribution in [0.25, 0.3) is 21.8 Å². The Kier molecular flexibility index (Phi) is 3.32. The molecule has 4 heteroatoms. The number of halogens is 1. The molecule has 1 aromatic carbocycles. The first-order valence-electron chi connectivity index (χ1n) is 5.87. The Bertz CT molecular complexity index is 704. The molecule has 2 heterocycles. The highest BCUT2D eigenvalue weighted by molar-refractivity contribution is 7.13. The van der Waals surface area contributed by atoms with Gasteiger partial charge >= 0.3 is 0 Å². The van der Waals surface area contributed by atoms with Crippen LogP contribution in [0.4, 0.5) is 0 Å². The van der Waals surface area contributed by atoms with Crippen molar-refractivity contribution in [3.8, 4) is 21.8 Å². The number of hydrogen-bond donors (Lipinski definition) is 0. The SMILES string of the molecule is Cc1ccc(-c2csc(-c3cccnc3Cl)n2)cc1. The van der Waals surface area contributed by atoms with E-state index < -0.39 is 0 Å². The average Bonchev–Trinajstić information content (AvgIpc) is 2.89. The van der Waals surface area contributed by atoms with Gasteiger partial charge in [0.25, 0.3) is 0 Å². The number of hydrogen-bond acceptors (Lipinski definition) is 3. The summed E-state index contributed by atoms with van der Waals surface area (Å²) in [4.78, 5) is 8.72. The molecule has 0 bridgehead atoms. The minimum Gasteiger partial charge on any atom is -0.244 e. The van der Waals surface area contributed by atoms with Crippen LogP contribution in [0.2, 0.25) is 5.15 Å². The highest BCUT2D eigenvalue weighted by atomic mass is 35.5. The van der Waals surface area contributed by atoms with Crippen molar-refractivity contribution in [1.82, 2.24) is 9.97 Å². The molecular weight excluding hydrogens is 276 g/mol. The van der Waals surface area contributed by atoms with Gasteiger partial charge in [0.15, 0.2) is 0 Å². The van der Waals surface area contributed by atoms with Crippen LogP contribution in [0.15, 0.2) is 48.0 Å². The van der Waals surface area contributed by atoms with Gasteiger partial charge in [-0.15, -0.1) is 11.3 Å². The second-order valence-corrected chi connectivity index (χ2v) is 5.46. The van der Waals surface area contributed by atoms with Crippen LogP contribution in [0.3, 0.4) is 0 Å². The van der Waals surface area contributed by atoms with Crippen molar-refractivity contribution in [2.75, 3.05) is 0 Å². The van der Waals surface area contributed by atoms with Crippen LogP contribution in [0.1, 0.15) is 5.56 Å². The van der Waals surface area contributed by atoms with Crippen molar-refractivity contribution in [2.24, 2.45) is 0 Å². The number of thiazole rings is 1. The molecule has 0 radical (unpaired) electrons. The molecule has 19 heavy (non-hydrogen) atoms. The normalized spacial score (nSPS) is 10.6. The second kappa shape index (κ2) is 5.11. The molecule has 0 unspecified atom stereocenters. The summed E-state index contributed by atoms with van der Waals surface area (Å²) in [5, 5.41) is 3.43. The third-order valence-corrected chi connectivity index (χ3v) is 4.02. The fourth-order valence-electron chi connectivity index (χ4n) is 1.80. The van der Waals surface area contributed by atoms with Gasteiger partial charge in [-0.25, -0.2) is 9.97 Å². The van der Waals surface area contributed by atoms with Gasteiger partial charge in [-0.3, -0.25) is 0 Å². The molecule has 0 aliphatic rings. The number of aromatic nitrogens is 2. The maximum absolute atomic E-state index is 6.09. The first-order valence-corrected chi connectivity index (χ1v) is 7.13. The van der Waals surface area contributed by atoms with E-state index in [2.05, 4.69) is 41.2 Å². The van der Waals surface area contributed by atoms with Gasteiger partial charge in [0.1, 0.15) is 10.2 Å². The van der Waals surface area contributed by atoms with Crippen LogP contribution >= 0.6 is 22.9 Å². The zero-order chi connectivity index (χ0) is 13.2. The Hall–Kier alpha value is -1.71. The van der Waals surface area contributed by atoms with Gasteiger partial charge < -0.3 is 0 Å². The molecule has 2 nitrogen and oxygen atoms in total. The van der Waals surface area contributed by atoms with E-state index in [0.717, 1.165) is 21.8 Å². The Morgan fingerprint density at radius 1 is 1.11 bits per heavy atom. The fraction of sp³-hybridized carbons (Fsp3) is 0.0667. The maximum Gasteiger partial charge on any atom is 0.139 e. The van der Waals surface area contributed by atoms with Crippen molar-refractivity contribution in [3.63, 3.8) is 0 Å². The topological polar surface area (TPSA) is 25.8 Å². The Morgan fingerprint density at radius 2 is 1.89 bits per heavy atom. The molecule has 0 aliphatic heterocycles. The van der Waals surface area contributed by atoms with E-state index in [-0.39, 0.29) is 0 Å². The highest BCUT2D eigenvalue weighted by Crippen LogP contribution is 2.31. The van der Waals surface area contributed by atoms with Crippen LogP contribution in [0.5, 0.6) is 0 Å². The van der Waals surface area contributed by atoms with Gasteiger partial charge in [0.2, 0.25) is 0 Å². The van der Waals surface area contributed by atoms with E-state index in [0.29, 0.717) is 5.15 Å². The standard InChI is InChI=1S/C15H11ClN2S/c1-10-4-6-11(7-5-10)13-9-19-15(18-13)12-3-2-8-17-14(12)16/h2-9H,1H3. The third-order valence-electron chi connectivity index (χ3n) is 2.84. The number of rotatable bonds is 2. The van der Waals surface area contributed by atoms with Crippen molar-refractivity contribution >= 4 is 22.9 Å². The van der Waals surface area contributed by atoms with Crippen LogP contribution in [-0.4, -0.2) is 9.97 Å². The first-order chi connectivity index (χ1) is 9.24. The minimum atomic E-state index is 0.493. The molecule has 0 saturated heterocycles. The summed E-state index contributed by atoms with van der Waals surface area (Å²) in [5.74, 6) is 0. The molecular formula is C15H11ClN2S. The maximum atomic E-state index is 6.09. The number of aryl methyl sites for hydroxylation is 1. The van der Waals surface area contributed by atoms with Crippen LogP contribution in [-0.2, 0) is 0 Å². The monoisotopic (exact) mass is 286 g/mol. The molecule has 3 aromatic rings. The molecule has 0 aliphatic carbocycles. The summed E-state index contributed by atoms with van der Waals surface area (Å²) in [5.41, 5.74) is 4.22. The third kappa shape index (κ3) is 2.53. The zero-order valence-electron chi connectivity index (χ0n) is 10.3. The van der Waals surface area contributed by atoms with Crippen molar-refractivity contribution < 1.29 is 0 Å². The van der Waals surface area contributed by atoms with Gasteiger partial charge in [0.05, 0.1) is 5.69 Å². The lowest BCUT2D eigenvalue weighted by Crippen LogP contribution is -1.83. The number of pyridine rings is 1. The molecule has 0 saturated carbocycles. The minimum absolute atomic E-state index is 0.493. The Balaban J connectivity index is 2.00. The van der Waals surface area contributed by atoms with Gasteiger partial charge in [-0.05, 0) is 19.1 Å². The highest BCUT2D eigenvalue weighted by Gasteiger charge is 2.09. The fourth-order valence-corrected chi connectivity index (χ4v) is 2.92. The molecule has 2 aromatic heterocycles. The van der Waals surface area contributed by atoms with E-state index in [1.165, 1.54) is 5.56 Å². The van der Waals surface area contributed by atoms with E-state index in [4.69, 9.17) is 11.6 Å². The van der Waals surface area contributed by atoms with E-state index >= 15 is 0 Å². The molecule has 94 valence electrons. The summed E-state index contributed by atoms with van der Waals surface area (Å²) in [6, 6.07) is 12.1. The molecule has 0 spiro atoms. The lowest BCUT2D eigenvalue weighted by molar-refractivity contribution is 1.31.